The normalized spacial score (nSPS) is 12.7. The summed E-state index contributed by atoms with van der Waals surface area (Å²) in [6.07, 6.45) is 2.03. The van der Waals surface area contributed by atoms with Crippen LogP contribution in [0.4, 0.5) is 0 Å². The maximum absolute atomic E-state index is 12.7. The molecule has 0 saturated carbocycles. The molecule has 0 heterocycles. The number of Topliss-reactive ketones (excluding diaryl/α,β-unsaturated/α-hetero) is 1. The van der Waals surface area contributed by atoms with Crippen molar-refractivity contribution in [2.24, 2.45) is 0 Å². The Hall–Kier alpha value is -1.98. The topological polar surface area (TPSA) is 60.4 Å². The van der Waals surface area contributed by atoms with Gasteiger partial charge in [0.05, 0.1) is 4.90 Å². The molecule has 0 saturated heterocycles. The summed E-state index contributed by atoms with van der Waals surface area (Å²) in [5, 5.41) is 0. The number of ketones is 1. The lowest BCUT2D eigenvalue weighted by atomic mass is 10.0. The van der Waals surface area contributed by atoms with E-state index in [9.17, 15) is 13.2 Å². The first-order chi connectivity index (χ1) is 11.9. The Bertz CT molecular complexity index is 780. The lowest BCUT2D eigenvalue weighted by Gasteiger charge is -2.17. The van der Waals surface area contributed by atoms with Crippen molar-refractivity contribution in [1.82, 2.24) is 0 Å². The number of unbranched alkanes of at least 4 members (excludes halogenated alkanes) is 2. The molecule has 0 aliphatic rings. The van der Waals surface area contributed by atoms with Gasteiger partial charge in [0.1, 0.15) is 6.10 Å². The minimum Gasteiger partial charge on any atom is -0.291 e. The minimum absolute atomic E-state index is 0.0689. The number of rotatable bonds is 9. The molecule has 0 unspecified atom stereocenters. The van der Waals surface area contributed by atoms with Gasteiger partial charge in [0.2, 0.25) is 0 Å². The highest BCUT2D eigenvalue weighted by Crippen LogP contribution is 2.20. The van der Waals surface area contributed by atoms with Crippen LogP contribution in [0.2, 0.25) is 0 Å². The molecule has 0 bridgehead atoms. The van der Waals surface area contributed by atoms with E-state index in [4.69, 9.17) is 4.18 Å². The zero-order valence-electron chi connectivity index (χ0n) is 14.6. The third-order valence-electron chi connectivity index (χ3n) is 3.97. The number of hydrogen-bond acceptors (Lipinski definition) is 4. The van der Waals surface area contributed by atoms with Gasteiger partial charge in [-0.1, -0.05) is 74.2 Å². The first kappa shape index (κ1) is 19.3. The van der Waals surface area contributed by atoms with Crippen LogP contribution in [-0.4, -0.2) is 20.3 Å². The second-order valence-corrected chi connectivity index (χ2v) is 7.65. The Morgan fingerprint density at radius 3 is 2.24 bits per heavy atom. The van der Waals surface area contributed by atoms with Crippen LogP contribution >= 0.6 is 0 Å². The fourth-order valence-electron chi connectivity index (χ4n) is 2.50. The summed E-state index contributed by atoms with van der Waals surface area (Å²) < 4.78 is 30.4. The molecular weight excluding hydrogens is 336 g/mol. The molecule has 0 amide bonds. The summed E-state index contributed by atoms with van der Waals surface area (Å²) in [5.74, 6) is -0.299. The first-order valence-corrected chi connectivity index (χ1v) is 9.94. The molecule has 5 heteroatoms. The number of carbonyl (C=O) groups excluding carboxylic acids is 1. The maximum atomic E-state index is 12.7. The van der Waals surface area contributed by atoms with E-state index in [1.165, 1.54) is 12.1 Å². The van der Waals surface area contributed by atoms with E-state index in [1.54, 1.807) is 36.4 Å². The molecule has 0 aromatic heterocycles. The van der Waals surface area contributed by atoms with E-state index in [0.717, 1.165) is 24.8 Å². The van der Waals surface area contributed by atoms with Gasteiger partial charge in [-0.05, 0) is 25.5 Å². The average Bonchev–Trinajstić information content (AvgIpc) is 2.61. The third-order valence-corrected chi connectivity index (χ3v) is 5.31. The molecule has 0 fully saturated rings. The molecule has 0 aliphatic carbocycles. The van der Waals surface area contributed by atoms with E-state index in [-0.39, 0.29) is 10.7 Å². The van der Waals surface area contributed by atoms with Gasteiger partial charge in [-0.25, -0.2) is 0 Å². The maximum Gasteiger partial charge on any atom is 0.297 e. The highest BCUT2D eigenvalue weighted by molar-refractivity contribution is 7.86. The molecule has 2 aromatic rings. The third kappa shape index (κ3) is 5.51. The van der Waals surface area contributed by atoms with Crippen molar-refractivity contribution in [2.45, 2.75) is 50.5 Å². The van der Waals surface area contributed by atoms with Gasteiger partial charge in [-0.3, -0.25) is 8.98 Å². The van der Waals surface area contributed by atoms with Gasteiger partial charge in [0, 0.05) is 5.56 Å². The average molecular weight is 360 g/mol. The second kappa shape index (κ2) is 8.92. The van der Waals surface area contributed by atoms with Crippen molar-refractivity contribution in [3.63, 3.8) is 0 Å². The molecule has 25 heavy (non-hydrogen) atoms. The predicted molar refractivity (Wildman–Crippen MR) is 98.2 cm³/mol. The number of benzene rings is 2. The van der Waals surface area contributed by atoms with Crippen LogP contribution in [0, 0.1) is 6.92 Å². The van der Waals surface area contributed by atoms with Crippen LogP contribution in [0.1, 0.15) is 48.5 Å². The summed E-state index contributed by atoms with van der Waals surface area (Å²) in [4.78, 5) is 12.8. The van der Waals surface area contributed by atoms with Gasteiger partial charge in [0.25, 0.3) is 10.1 Å². The van der Waals surface area contributed by atoms with Crippen LogP contribution in [0.5, 0.6) is 0 Å². The molecular formula is C20H24O4S. The van der Waals surface area contributed by atoms with Gasteiger partial charge in [0.15, 0.2) is 5.78 Å². The van der Waals surface area contributed by atoms with Crippen LogP contribution < -0.4 is 0 Å². The van der Waals surface area contributed by atoms with Crippen molar-refractivity contribution >= 4 is 15.9 Å². The molecule has 0 N–H and O–H groups in total. The molecule has 134 valence electrons. The molecule has 1 atom stereocenters. The standard InChI is InChI=1S/C20H24O4S/c1-3-4-6-11-19(20(21)17-9-7-5-8-10-17)24-25(22,23)18-14-12-16(2)13-15-18/h5,7-10,12-15,19H,3-4,6,11H2,1-2H3/t19-/m1/s1. The largest absolute Gasteiger partial charge is 0.297 e. The summed E-state index contributed by atoms with van der Waals surface area (Å²) in [6.45, 7) is 3.93. The summed E-state index contributed by atoms with van der Waals surface area (Å²) in [7, 11) is -3.99. The second-order valence-electron chi connectivity index (χ2n) is 6.08. The Morgan fingerprint density at radius 2 is 1.64 bits per heavy atom. The van der Waals surface area contributed by atoms with Crippen LogP contribution in [-0.2, 0) is 14.3 Å². The van der Waals surface area contributed by atoms with Crippen molar-refractivity contribution < 1.29 is 17.4 Å². The van der Waals surface area contributed by atoms with Gasteiger partial charge in [-0.2, -0.15) is 8.42 Å². The summed E-state index contributed by atoms with van der Waals surface area (Å²) >= 11 is 0. The smallest absolute Gasteiger partial charge is 0.291 e. The Labute approximate surface area is 150 Å². The van der Waals surface area contributed by atoms with Gasteiger partial charge < -0.3 is 0 Å². The van der Waals surface area contributed by atoms with E-state index < -0.39 is 16.2 Å². The fourth-order valence-corrected chi connectivity index (χ4v) is 3.57. The molecule has 0 aliphatic heterocycles. The molecule has 2 rings (SSSR count). The quantitative estimate of drug-likeness (QED) is 0.374. The van der Waals surface area contributed by atoms with E-state index in [2.05, 4.69) is 6.92 Å². The zero-order valence-corrected chi connectivity index (χ0v) is 15.5. The van der Waals surface area contributed by atoms with E-state index >= 15 is 0 Å². The van der Waals surface area contributed by atoms with Crippen molar-refractivity contribution in [3.05, 3.63) is 65.7 Å². The monoisotopic (exact) mass is 360 g/mol. The molecule has 0 spiro atoms. The number of hydrogen-bond donors (Lipinski definition) is 0. The Balaban J connectivity index is 2.22. The van der Waals surface area contributed by atoms with Crippen LogP contribution in [0.15, 0.2) is 59.5 Å². The van der Waals surface area contributed by atoms with E-state index in [1.807, 2.05) is 13.0 Å². The Morgan fingerprint density at radius 1 is 1.00 bits per heavy atom. The lowest BCUT2D eigenvalue weighted by molar-refractivity contribution is 0.0784. The van der Waals surface area contributed by atoms with Crippen molar-refractivity contribution in [1.29, 1.82) is 0 Å². The van der Waals surface area contributed by atoms with Crippen LogP contribution in [0.25, 0.3) is 0 Å². The van der Waals surface area contributed by atoms with E-state index in [0.29, 0.717) is 12.0 Å². The molecule has 0 radical (unpaired) electrons. The van der Waals surface area contributed by atoms with Gasteiger partial charge in [-0.15, -0.1) is 0 Å². The highest BCUT2D eigenvalue weighted by atomic mass is 32.2. The van der Waals surface area contributed by atoms with Crippen molar-refractivity contribution in [2.75, 3.05) is 0 Å². The first-order valence-electron chi connectivity index (χ1n) is 8.53. The minimum atomic E-state index is -3.99. The summed E-state index contributed by atoms with van der Waals surface area (Å²) in [5.41, 5.74) is 1.42. The van der Waals surface area contributed by atoms with Gasteiger partial charge >= 0.3 is 0 Å². The SMILES string of the molecule is CCCCC[C@@H](OS(=O)(=O)c1ccc(C)cc1)C(=O)c1ccccc1. The molecule has 2 aromatic carbocycles. The number of aryl methyl sites for hydroxylation is 1. The number of carbonyl (C=O) groups is 1. The summed E-state index contributed by atoms with van der Waals surface area (Å²) in [6, 6.07) is 15.1. The lowest BCUT2D eigenvalue weighted by Crippen LogP contribution is -2.27. The Kier molecular flexibility index (Phi) is 6.91. The van der Waals surface area contributed by atoms with Crippen LogP contribution in [0.3, 0.4) is 0 Å². The zero-order chi connectivity index (χ0) is 18.3. The van der Waals surface area contributed by atoms with Crippen molar-refractivity contribution in [3.8, 4) is 0 Å². The molecule has 4 nitrogen and oxygen atoms in total. The fraction of sp³-hybridized carbons (Fsp3) is 0.350. The highest BCUT2D eigenvalue weighted by Gasteiger charge is 2.27. The predicted octanol–water partition coefficient (Wildman–Crippen LogP) is 4.53.